The smallest absolute Gasteiger partial charge is 0.286 e. The van der Waals surface area contributed by atoms with E-state index in [0.717, 1.165) is 0 Å². The predicted octanol–water partition coefficient (Wildman–Crippen LogP) is 7.08. The molecule has 352 valence electrons. The minimum absolute atomic E-state index is 0.0112. The monoisotopic (exact) mass is 920 g/mol. The number of ether oxygens (including phenoxy) is 4. The lowest BCUT2D eigenvalue weighted by atomic mass is 9.99. The quantitative estimate of drug-likeness (QED) is 0.0492. The molecule has 2 aliphatic rings. The SMILES string of the molecule is COc1cc(C(=O)N2C[C@H](O)C[C@H]2CCC(C)(C)[Si](C)(C)O)c([N+](=O)[O-])cc1OCCCCCOc1cc([N+](=O)[O-])c(C(=O)N2C[C@H](O)C[C@H]2CO[Si](C)(C)C(C)(C)C)cc1OC. The van der Waals surface area contributed by atoms with E-state index in [1.54, 1.807) is 0 Å². The number of hydrogen-bond donors (Lipinski definition) is 3. The van der Waals surface area contributed by atoms with E-state index in [4.69, 9.17) is 23.4 Å². The number of amides is 2. The largest absolute Gasteiger partial charge is 0.493 e. The normalized spacial score (nSPS) is 19.6. The topological polar surface area (TPSA) is 234 Å². The van der Waals surface area contributed by atoms with Crippen LogP contribution in [0.2, 0.25) is 36.3 Å². The Balaban J connectivity index is 1.37. The molecule has 4 rings (SSSR count). The summed E-state index contributed by atoms with van der Waals surface area (Å²) in [6.07, 6.45) is 1.72. The maximum Gasteiger partial charge on any atom is 0.286 e. The minimum Gasteiger partial charge on any atom is -0.493 e. The van der Waals surface area contributed by atoms with Crippen LogP contribution in [0.15, 0.2) is 24.3 Å². The first kappa shape index (κ1) is 51.3. The summed E-state index contributed by atoms with van der Waals surface area (Å²) in [5.41, 5.74) is -1.30. The number of nitro groups is 2. The average Bonchev–Trinajstić information content (AvgIpc) is 3.77. The van der Waals surface area contributed by atoms with E-state index in [1.165, 1.54) is 48.3 Å². The van der Waals surface area contributed by atoms with Gasteiger partial charge in [0.1, 0.15) is 11.1 Å². The van der Waals surface area contributed by atoms with Crippen molar-refractivity contribution in [1.29, 1.82) is 0 Å². The molecule has 2 aromatic rings. The Kier molecular flexibility index (Phi) is 16.8. The first-order chi connectivity index (χ1) is 29.2. The van der Waals surface area contributed by atoms with E-state index >= 15 is 0 Å². The molecule has 0 aliphatic carbocycles. The summed E-state index contributed by atoms with van der Waals surface area (Å²) in [5, 5.41) is 45.1. The van der Waals surface area contributed by atoms with Crippen molar-refractivity contribution in [2.75, 3.05) is 47.1 Å². The number of methoxy groups -OCH3 is 2. The molecule has 2 aliphatic heterocycles. The number of nitrogens with zero attached hydrogens (tertiary/aromatic N) is 4. The number of hydrogen-bond acceptors (Lipinski definition) is 14. The summed E-state index contributed by atoms with van der Waals surface area (Å²) in [6.45, 7) is 18.7. The zero-order valence-electron chi connectivity index (χ0n) is 38.7. The van der Waals surface area contributed by atoms with Crippen molar-refractivity contribution in [2.24, 2.45) is 0 Å². The Morgan fingerprint density at radius 3 is 1.56 bits per heavy atom. The van der Waals surface area contributed by atoms with Crippen molar-refractivity contribution in [3.05, 3.63) is 55.6 Å². The lowest BCUT2D eigenvalue weighted by Crippen LogP contribution is -2.46. The molecule has 63 heavy (non-hydrogen) atoms. The van der Waals surface area contributed by atoms with Crippen LogP contribution in [0.5, 0.6) is 23.0 Å². The van der Waals surface area contributed by atoms with E-state index in [0.29, 0.717) is 38.5 Å². The third-order valence-corrected chi connectivity index (χ3v) is 21.3. The number of carbonyl (C=O) groups excluding carboxylic acids is 2. The van der Waals surface area contributed by atoms with Crippen molar-refractivity contribution in [2.45, 2.75) is 140 Å². The van der Waals surface area contributed by atoms with Gasteiger partial charge in [-0.05, 0) is 81.2 Å². The van der Waals surface area contributed by atoms with E-state index in [9.17, 15) is 44.8 Å². The molecule has 20 heteroatoms. The predicted molar refractivity (Wildman–Crippen MR) is 241 cm³/mol. The van der Waals surface area contributed by atoms with Gasteiger partial charge in [-0.1, -0.05) is 34.6 Å². The van der Waals surface area contributed by atoms with Gasteiger partial charge >= 0.3 is 0 Å². The van der Waals surface area contributed by atoms with Crippen LogP contribution in [0.1, 0.15) is 100 Å². The second-order valence-corrected chi connectivity index (χ2v) is 28.6. The molecule has 2 saturated heterocycles. The number of nitro benzene ring substituents is 2. The summed E-state index contributed by atoms with van der Waals surface area (Å²) >= 11 is 0. The fourth-order valence-corrected chi connectivity index (χ4v) is 9.21. The molecule has 3 N–H and O–H groups in total. The highest BCUT2D eigenvalue weighted by atomic mass is 28.4. The third-order valence-electron chi connectivity index (χ3n) is 13.2. The lowest BCUT2D eigenvalue weighted by Gasteiger charge is -2.38. The molecule has 2 aromatic carbocycles. The number of carbonyl (C=O) groups is 2. The van der Waals surface area contributed by atoms with Gasteiger partial charge in [-0.25, -0.2) is 0 Å². The highest BCUT2D eigenvalue weighted by Gasteiger charge is 2.44. The molecule has 2 amide bonds. The molecular weight excluding hydrogens is 853 g/mol. The van der Waals surface area contributed by atoms with Crippen molar-refractivity contribution < 1.29 is 57.8 Å². The molecular formula is C43H68N4O14Si2. The summed E-state index contributed by atoms with van der Waals surface area (Å²) in [6, 6.07) is 4.09. The van der Waals surface area contributed by atoms with Crippen molar-refractivity contribution >= 4 is 39.8 Å². The fraction of sp³-hybridized carbons (Fsp3) is 0.674. The molecule has 18 nitrogen and oxygen atoms in total. The highest BCUT2D eigenvalue weighted by molar-refractivity contribution is 6.74. The van der Waals surface area contributed by atoms with Gasteiger partial charge < -0.3 is 48.2 Å². The maximum absolute atomic E-state index is 13.9. The number of aliphatic hydroxyl groups is 2. The summed E-state index contributed by atoms with van der Waals surface area (Å²) in [7, 11) is -1.98. The lowest BCUT2D eigenvalue weighted by molar-refractivity contribution is -0.385. The summed E-state index contributed by atoms with van der Waals surface area (Å²) < 4.78 is 29.1. The standard InChI is InChI=1S/C43H68N4O14Si2/c1-42(2,3)63(10,11)61-27-29-20-31(49)26-45(29)41(51)33-22-37(58-7)39(24-35(33)47(54)55)60-18-14-12-13-17-59-38-23-34(46(52)53)32(21-36(38)57-6)40(50)44-25-30(48)19-28(44)15-16-43(4,5)62(8,9)56/h21-24,28-31,48-49,56H,12-20,25-27H2,1-11H3/t28-,29+,30-,31-/m1/s1. The van der Waals surface area contributed by atoms with Crippen LogP contribution in [0.25, 0.3) is 0 Å². The van der Waals surface area contributed by atoms with Gasteiger partial charge in [0.15, 0.2) is 39.6 Å². The zero-order valence-corrected chi connectivity index (χ0v) is 40.7. The Morgan fingerprint density at radius 1 is 0.730 bits per heavy atom. The van der Waals surface area contributed by atoms with Crippen molar-refractivity contribution in [1.82, 2.24) is 9.80 Å². The van der Waals surface area contributed by atoms with Gasteiger partial charge in [0.2, 0.25) is 0 Å². The van der Waals surface area contributed by atoms with Crippen LogP contribution in [-0.4, -0.2) is 135 Å². The number of rotatable bonds is 21. The maximum atomic E-state index is 13.9. The molecule has 2 heterocycles. The molecule has 4 atom stereocenters. The van der Waals surface area contributed by atoms with Crippen LogP contribution in [0.4, 0.5) is 11.4 Å². The Bertz CT molecular complexity index is 1830. The van der Waals surface area contributed by atoms with Gasteiger partial charge in [-0.3, -0.25) is 29.8 Å². The average molecular weight is 921 g/mol. The van der Waals surface area contributed by atoms with Crippen LogP contribution in [-0.2, 0) is 4.43 Å². The van der Waals surface area contributed by atoms with Crippen LogP contribution in [0.3, 0.4) is 0 Å². The Morgan fingerprint density at radius 2 is 1.16 bits per heavy atom. The van der Waals surface area contributed by atoms with Gasteiger partial charge in [0.05, 0.1) is 74.3 Å². The summed E-state index contributed by atoms with van der Waals surface area (Å²) in [5.74, 6) is -0.797. The second-order valence-electron chi connectivity index (χ2n) is 19.4. The number of unbranched alkanes of at least 4 members (excludes halogenated alkanes) is 2. The van der Waals surface area contributed by atoms with Gasteiger partial charge in [0, 0.05) is 31.3 Å². The molecule has 0 aromatic heterocycles. The van der Waals surface area contributed by atoms with Crippen LogP contribution >= 0.6 is 0 Å². The number of likely N-dealkylation sites (tertiary alicyclic amines) is 2. The third kappa shape index (κ3) is 12.5. The van der Waals surface area contributed by atoms with Crippen molar-refractivity contribution in [3.63, 3.8) is 0 Å². The molecule has 0 spiro atoms. The summed E-state index contributed by atoms with van der Waals surface area (Å²) in [4.78, 5) is 64.7. The van der Waals surface area contributed by atoms with Gasteiger partial charge in [-0.2, -0.15) is 0 Å². The Hall–Kier alpha value is -4.35. The van der Waals surface area contributed by atoms with Gasteiger partial charge in [0.25, 0.3) is 23.2 Å². The molecule has 0 unspecified atom stereocenters. The van der Waals surface area contributed by atoms with Crippen LogP contribution in [0, 0.1) is 20.2 Å². The number of aliphatic hydroxyl groups excluding tert-OH is 2. The zero-order chi connectivity index (χ0) is 47.2. The fourth-order valence-electron chi connectivity index (χ4n) is 7.41. The van der Waals surface area contributed by atoms with E-state index in [-0.39, 0.29) is 89.6 Å². The second kappa shape index (κ2) is 20.7. The highest BCUT2D eigenvalue weighted by Crippen LogP contribution is 2.43. The first-order valence-corrected chi connectivity index (χ1v) is 27.4. The van der Waals surface area contributed by atoms with E-state index < -0.39 is 67.9 Å². The van der Waals surface area contributed by atoms with Crippen molar-refractivity contribution in [3.8, 4) is 23.0 Å². The molecule has 2 fully saturated rings. The van der Waals surface area contributed by atoms with Crippen LogP contribution < -0.4 is 18.9 Å². The first-order valence-electron chi connectivity index (χ1n) is 21.6. The molecule has 0 bridgehead atoms. The molecule has 0 radical (unpaired) electrons. The minimum atomic E-state index is -2.53. The van der Waals surface area contributed by atoms with E-state index in [2.05, 4.69) is 33.9 Å². The van der Waals surface area contributed by atoms with E-state index in [1.807, 2.05) is 26.9 Å². The van der Waals surface area contributed by atoms with Gasteiger partial charge in [-0.15, -0.1) is 0 Å². The molecule has 0 saturated carbocycles. The Labute approximate surface area is 372 Å². The number of β-amino-alcohol motifs (C(OH)–C–C–N with tert-alkyl or cyclic N) is 2. The number of benzene rings is 2.